The van der Waals surface area contributed by atoms with Gasteiger partial charge in [0.05, 0.1) is 29.2 Å². The van der Waals surface area contributed by atoms with E-state index in [2.05, 4.69) is 40.7 Å². The molecule has 2 aromatic heterocycles. The van der Waals surface area contributed by atoms with Gasteiger partial charge in [-0.05, 0) is 48.9 Å². The highest BCUT2D eigenvalue weighted by Gasteiger charge is 2.35. The second-order valence-corrected chi connectivity index (χ2v) is 9.89. The quantitative estimate of drug-likeness (QED) is 0.251. The van der Waals surface area contributed by atoms with Crippen molar-refractivity contribution >= 4 is 52.3 Å². The van der Waals surface area contributed by atoms with E-state index in [1.807, 2.05) is 0 Å². The highest BCUT2D eigenvalue weighted by Crippen LogP contribution is 2.51. The lowest BCUT2D eigenvalue weighted by Gasteiger charge is -2.20. The summed E-state index contributed by atoms with van der Waals surface area (Å²) in [5, 5.41) is 2.94. The molecule has 0 bridgehead atoms. The third kappa shape index (κ3) is 5.76. The van der Waals surface area contributed by atoms with Crippen LogP contribution in [0, 0.1) is 0 Å². The second kappa shape index (κ2) is 9.28. The molecule has 0 saturated heterocycles. The maximum Gasteiger partial charge on any atom is 0.400 e. The van der Waals surface area contributed by atoms with Gasteiger partial charge in [0.15, 0.2) is 0 Å². The van der Waals surface area contributed by atoms with Crippen molar-refractivity contribution in [1.82, 2.24) is 15.1 Å². The molecule has 1 atom stereocenters. The normalized spacial score (nSPS) is 13.8. The summed E-state index contributed by atoms with van der Waals surface area (Å²) < 4.78 is 50.0. The summed E-state index contributed by atoms with van der Waals surface area (Å²) in [6.45, 7) is 1.92. The Hall–Kier alpha value is -1.58. The SMILES string of the molecule is CCOP(=O)(Cc1ccc(-c2noc(C(F)(F)Cl)n2)cn1)Nc1ccc(Br)cc1Cl. The molecule has 0 aliphatic carbocycles. The molecule has 0 aliphatic rings. The molecule has 160 valence electrons. The van der Waals surface area contributed by atoms with Crippen molar-refractivity contribution < 1.29 is 22.4 Å². The van der Waals surface area contributed by atoms with E-state index in [1.165, 1.54) is 12.3 Å². The van der Waals surface area contributed by atoms with Gasteiger partial charge in [0.1, 0.15) is 0 Å². The van der Waals surface area contributed by atoms with Crippen molar-refractivity contribution in [3.8, 4) is 11.4 Å². The van der Waals surface area contributed by atoms with Crippen molar-refractivity contribution in [2.75, 3.05) is 11.7 Å². The fourth-order valence-electron chi connectivity index (χ4n) is 2.41. The molecule has 0 saturated carbocycles. The number of pyridine rings is 1. The lowest BCUT2D eigenvalue weighted by Crippen LogP contribution is -2.06. The summed E-state index contributed by atoms with van der Waals surface area (Å²) in [7, 11) is -3.39. The van der Waals surface area contributed by atoms with E-state index < -0.39 is 18.8 Å². The summed E-state index contributed by atoms with van der Waals surface area (Å²) in [4.78, 5) is 7.75. The van der Waals surface area contributed by atoms with Crippen LogP contribution in [0.4, 0.5) is 14.5 Å². The second-order valence-electron chi connectivity index (χ2n) is 5.94. The van der Waals surface area contributed by atoms with Gasteiger partial charge in [0, 0.05) is 16.2 Å². The van der Waals surface area contributed by atoms with Crippen LogP contribution in [0.2, 0.25) is 5.02 Å². The Kier molecular flexibility index (Phi) is 7.14. The van der Waals surface area contributed by atoms with Crippen LogP contribution in [-0.2, 0) is 20.6 Å². The summed E-state index contributed by atoms with van der Waals surface area (Å²) >= 11 is 14.4. The topological polar surface area (TPSA) is 90.1 Å². The Bertz CT molecular complexity index is 1080. The first-order chi connectivity index (χ1) is 14.1. The van der Waals surface area contributed by atoms with Gasteiger partial charge < -0.3 is 14.1 Å². The van der Waals surface area contributed by atoms with Crippen molar-refractivity contribution in [3.05, 3.63) is 57.6 Å². The third-order valence-electron chi connectivity index (χ3n) is 3.68. The van der Waals surface area contributed by atoms with Gasteiger partial charge in [-0.2, -0.15) is 13.8 Å². The molecule has 13 heteroatoms. The number of nitrogens with zero attached hydrogens (tertiary/aromatic N) is 3. The summed E-state index contributed by atoms with van der Waals surface area (Å²) in [5.74, 6) is -1.11. The predicted octanol–water partition coefficient (Wildman–Crippen LogP) is 6.68. The number of halogens is 5. The lowest BCUT2D eigenvalue weighted by molar-refractivity contribution is 0.0551. The van der Waals surface area contributed by atoms with Gasteiger partial charge in [0.2, 0.25) is 5.82 Å². The van der Waals surface area contributed by atoms with Crippen molar-refractivity contribution in [2.45, 2.75) is 18.5 Å². The van der Waals surface area contributed by atoms with Gasteiger partial charge in [-0.15, -0.1) is 0 Å². The van der Waals surface area contributed by atoms with Crippen LogP contribution in [0.15, 0.2) is 45.5 Å². The average molecular weight is 542 g/mol. The molecule has 0 spiro atoms. The molecule has 0 aliphatic heterocycles. The molecule has 0 amide bonds. The maximum atomic E-state index is 13.3. The van der Waals surface area contributed by atoms with E-state index >= 15 is 0 Å². The molecule has 0 fully saturated rings. The lowest BCUT2D eigenvalue weighted by atomic mass is 10.2. The van der Waals surface area contributed by atoms with Crippen molar-refractivity contribution in [1.29, 1.82) is 0 Å². The van der Waals surface area contributed by atoms with Crippen LogP contribution in [0.3, 0.4) is 0 Å². The highest BCUT2D eigenvalue weighted by atomic mass is 79.9. The molecule has 3 rings (SSSR count). The third-order valence-corrected chi connectivity index (χ3v) is 6.65. The van der Waals surface area contributed by atoms with Gasteiger partial charge in [-0.25, -0.2) is 0 Å². The molecule has 1 unspecified atom stereocenters. The molecule has 2 heterocycles. The van der Waals surface area contributed by atoms with E-state index in [0.29, 0.717) is 22.0 Å². The van der Waals surface area contributed by atoms with E-state index in [-0.39, 0.29) is 18.6 Å². The van der Waals surface area contributed by atoms with Crippen LogP contribution in [0.5, 0.6) is 0 Å². The maximum absolute atomic E-state index is 13.3. The van der Waals surface area contributed by atoms with E-state index in [0.717, 1.165) is 4.47 Å². The predicted molar refractivity (Wildman–Crippen MR) is 113 cm³/mol. The number of aromatic nitrogens is 3. The van der Waals surface area contributed by atoms with Gasteiger partial charge in [0.25, 0.3) is 7.52 Å². The molecular formula is C17H14BrCl2F2N4O3P. The molecule has 0 radical (unpaired) electrons. The zero-order chi connectivity index (χ0) is 21.9. The number of benzene rings is 1. The summed E-state index contributed by atoms with van der Waals surface area (Å²) in [6.07, 6.45) is 1.31. The Balaban J connectivity index is 1.79. The van der Waals surface area contributed by atoms with E-state index in [4.69, 9.17) is 27.7 Å². The summed E-state index contributed by atoms with van der Waals surface area (Å²) in [5.41, 5.74) is 1.21. The Labute approximate surface area is 188 Å². The van der Waals surface area contributed by atoms with Crippen LogP contribution in [0.1, 0.15) is 18.5 Å². The van der Waals surface area contributed by atoms with E-state index in [9.17, 15) is 13.3 Å². The van der Waals surface area contributed by atoms with Crippen LogP contribution < -0.4 is 5.09 Å². The van der Waals surface area contributed by atoms with Crippen LogP contribution in [0.25, 0.3) is 11.4 Å². The van der Waals surface area contributed by atoms with Crippen LogP contribution >= 0.6 is 46.7 Å². The largest absolute Gasteiger partial charge is 0.400 e. The first-order valence-corrected chi connectivity index (χ1v) is 11.8. The van der Waals surface area contributed by atoms with Gasteiger partial charge in [-0.3, -0.25) is 9.55 Å². The minimum Gasteiger partial charge on any atom is -0.331 e. The zero-order valence-electron chi connectivity index (χ0n) is 15.3. The minimum atomic E-state index is -3.76. The fourth-order valence-corrected chi connectivity index (χ4v) is 5.10. The fraction of sp³-hybridized carbons (Fsp3) is 0.235. The van der Waals surface area contributed by atoms with E-state index in [1.54, 1.807) is 31.2 Å². The monoisotopic (exact) mass is 540 g/mol. The van der Waals surface area contributed by atoms with Gasteiger partial charge in [-0.1, -0.05) is 32.7 Å². The zero-order valence-corrected chi connectivity index (χ0v) is 19.3. The summed E-state index contributed by atoms with van der Waals surface area (Å²) in [6, 6.07) is 8.18. The molecule has 3 aromatic rings. The Morgan fingerprint density at radius 1 is 1.33 bits per heavy atom. The van der Waals surface area contributed by atoms with Gasteiger partial charge >= 0.3 is 11.3 Å². The average Bonchev–Trinajstić information content (AvgIpc) is 3.15. The standard InChI is InChI=1S/C17H14BrCl2F2N4O3P/c1-2-28-30(27,26-14-6-4-11(18)7-13(14)19)9-12-5-3-10(8-23-12)15-24-16(29-25-15)17(20,21)22/h3-8H,2,9H2,1H3,(H,26,27). The number of hydrogen-bond acceptors (Lipinski definition) is 6. The Morgan fingerprint density at radius 2 is 2.10 bits per heavy atom. The molecule has 7 nitrogen and oxygen atoms in total. The molecule has 30 heavy (non-hydrogen) atoms. The molecule has 1 aromatic carbocycles. The smallest absolute Gasteiger partial charge is 0.331 e. The first kappa shape index (κ1) is 23.1. The Morgan fingerprint density at radius 3 is 2.67 bits per heavy atom. The van der Waals surface area contributed by atoms with Crippen LogP contribution in [-0.4, -0.2) is 21.7 Å². The van der Waals surface area contributed by atoms with Crippen molar-refractivity contribution in [3.63, 3.8) is 0 Å². The number of anilines is 1. The molecule has 1 N–H and O–H groups in total. The first-order valence-electron chi connectivity index (χ1n) is 8.43. The number of nitrogens with one attached hydrogen (secondary N) is 1. The highest BCUT2D eigenvalue weighted by molar-refractivity contribution is 9.10. The van der Waals surface area contributed by atoms with Crippen molar-refractivity contribution in [2.24, 2.45) is 0 Å². The number of hydrogen-bond donors (Lipinski definition) is 1. The minimum absolute atomic E-state index is 0.0369. The number of rotatable bonds is 8. The molecular weight excluding hydrogens is 528 g/mol. The number of alkyl halides is 3.